The summed E-state index contributed by atoms with van der Waals surface area (Å²) in [6.45, 7) is 3.66. The van der Waals surface area contributed by atoms with Crippen LogP contribution in [-0.2, 0) is 19.0 Å². The topological polar surface area (TPSA) is 70.8 Å². The van der Waals surface area contributed by atoms with Gasteiger partial charge < -0.3 is 19.9 Å². The predicted molar refractivity (Wildman–Crippen MR) is 51.9 cm³/mol. The number of nitrogens with two attached hydrogens (primary N) is 1. The van der Waals surface area contributed by atoms with Crippen molar-refractivity contribution in [3.05, 3.63) is 0 Å². The molecule has 5 heteroatoms. The molecule has 0 saturated heterocycles. The molecule has 0 unspecified atom stereocenters. The molecule has 0 aliphatic rings. The molecule has 2 N–H and O–H groups in total. The fourth-order valence-corrected chi connectivity index (χ4v) is 0.710. The maximum atomic E-state index is 10.9. The molecule has 0 aliphatic carbocycles. The average molecular weight is 205 g/mol. The van der Waals surface area contributed by atoms with Gasteiger partial charge in [0.2, 0.25) is 0 Å². The summed E-state index contributed by atoms with van der Waals surface area (Å²) >= 11 is 0. The molecular formula is C9H19NO4. The van der Waals surface area contributed by atoms with E-state index < -0.39 is 6.04 Å². The molecular weight excluding hydrogens is 186 g/mol. The van der Waals surface area contributed by atoms with Crippen LogP contribution in [0.1, 0.15) is 13.3 Å². The highest BCUT2D eigenvalue weighted by Crippen LogP contribution is 1.88. The Bertz CT molecular complexity index is 150. The van der Waals surface area contributed by atoms with Gasteiger partial charge in [0.05, 0.1) is 19.8 Å². The lowest BCUT2D eigenvalue weighted by Gasteiger charge is -2.07. The highest BCUT2D eigenvalue weighted by Gasteiger charge is 2.07. The monoisotopic (exact) mass is 205 g/mol. The molecule has 0 aromatic rings. The van der Waals surface area contributed by atoms with E-state index in [9.17, 15) is 4.79 Å². The first-order valence-electron chi connectivity index (χ1n) is 4.67. The van der Waals surface area contributed by atoms with Gasteiger partial charge in [-0.1, -0.05) is 0 Å². The van der Waals surface area contributed by atoms with Crippen molar-refractivity contribution < 1.29 is 19.0 Å². The summed E-state index contributed by atoms with van der Waals surface area (Å²) in [6, 6.07) is -0.551. The van der Waals surface area contributed by atoms with Crippen molar-refractivity contribution in [1.29, 1.82) is 0 Å². The van der Waals surface area contributed by atoms with Crippen molar-refractivity contribution in [1.82, 2.24) is 0 Å². The highest BCUT2D eigenvalue weighted by molar-refractivity contribution is 5.74. The van der Waals surface area contributed by atoms with E-state index in [4.69, 9.17) is 19.9 Å². The molecule has 5 nitrogen and oxygen atoms in total. The maximum Gasteiger partial charge on any atom is 0.322 e. The quantitative estimate of drug-likeness (QED) is 0.443. The first kappa shape index (κ1) is 13.4. The second-order valence-corrected chi connectivity index (χ2v) is 2.91. The fourth-order valence-electron chi connectivity index (χ4n) is 0.710. The van der Waals surface area contributed by atoms with Crippen LogP contribution in [0.15, 0.2) is 0 Å². The van der Waals surface area contributed by atoms with E-state index in [1.54, 1.807) is 14.0 Å². The molecule has 0 aliphatic heterocycles. The standard InChI is InChI=1S/C9H19NO4/c1-8(10)9(11)14-5-3-4-13-7-6-12-2/h8H,3-7,10H2,1-2H3/t8-/m1/s1. The Hall–Kier alpha value is -0.650. The van der Waals surface area contributed by atoms with Gasteiger partial charge in [0.15, 0.2) is 0 Å². The molecule has 84 valence electrons. The first-order chi connectivity index (χ1) is 6.68. The normalized spacial score (nSPS) is 12.5. The Morgan fingerprint density at radius 3 is 2.57 bits per heavy atom. The van der Waals surface area contributed by atoms with Crippen LogP contribution in [-0.4, -0.2) is 45.5 Å². The van der Waals surface area contributed by atoms with Crippen LogP contribution in [0.25, 0.3) is 0 Å². The number of hydrogen-bond acceptors (Lipinski definition) is 5. The molecule has 0 aromatic heterocycles. The minimum Gasteiger partial charge on any atom is -0.464 e. The highest BCUT2D eigenvalue weighted by atomic mass is 16.5. The Labute approximate surface area is 84.5 Å². The number of methoxy groups -OCH3 is 1. The van der Waals surface area contributed by atoms with Gasteiger partial charge in [-0.05, 0) is 6.92 Å². The van der Waals surface area contributed by atoms with Crippen LogP contribution in [0.2, 0.25) is 0 Å². The van der Waals surface area contributed by atoms with Crippen molar-refractivity contribution >= 4 is 5.97 Å². The maximum absolute atomic E-state index is 10.9. The van der Waals surface area contributed by atoms with Crippen molar-refractivity contribution in [3.8, 4) is 0 Å². The smallest absolute Gasteiger partial charge is 0.322 e. The van der Waals surface area contributed by atoms with E-state index in [-0.39, 0.29) is 5.97 Å². The SMILES string of the molecule is COCCOCCCOC(=O)[C@@H](C)N. The van der Waals surface area contributed by atoms with E-state index in [1.165, 1.54) is 0 Å². The molecule has 0 bridgehead atoms. The molecule has 0 amide bonds. The van der Waals surface area contributed by atoms with Gasteiger partial charge in [-0.2, -0.15) is 0 Å². The zero-order valence-corrected chi connectivity index (χ0v) is 8.82. The molecule has 0 radical (unpaired) electrons. The number of carbonyl (C=O) groups excluding carboxylic acids is 1. The summed E-state index contributed by atoms with van der Waals surface area (Å²) in [5, 5.41) is 0. The Morgan fingerprint density at radius 2 is 2.00 bits per heavy atom. The lowest BCUT2D eigenvalue weighted by atomic mass is 10.4. The number of rotatable bonds is 8. The molecule has 0 aromatic carbocycles. The first-order valence-corrected chi connectivity index (χ1v) is 4.67. The number of hydrogen-bond donors (Lipinski definition) is 1. The lowest BCUT2D eigenvalue weighted by Crippen LogP contribution is -2.29. The van der Waals surface area contributed by atoms with Crippen LogP contribution < -0.4 is 5.73 Å². The molecule has 14 heavy (non-hydrogen) atoms. The Kier molecular flexibility index (Phi) is 8.51. The third kappa shape index (κ3) is 7.97. The minimum atomic E-state index is -0.551. The minimum absolute atomic E-state index is 0.355. The van der Waals surface area contributed by atoms with Crippen LogP contribution in [0.5, 0.6) is 0 Å². The Morgan fingerprint density at radius 1 is 1.29 bits per heavy atom. The molecule has 0 heterocycles. The summed E-state index contributed by atoms with van der Waals surface area (Å²) in [7, 11) is 1.62. The van der Waals surface area contributed by atoms with Crippen LogP contribution >= 0.6 is 0 Å². The predicted octanol–water partition coefficient (Wildman–Crippen LogP) is -0.0701. The van der Waals surface area contributed by atoms with Gasteiger partial charge >= 0.3 is 5.97 Å². The summed E-state index contributed by atoms with van der Waals surface area (Å²) < 4.78 is 14.8. The van der Waals surface area contributed by atoms with Crippen molar-refractivity contribution in [2.45, 2.75) is 19.4 Å². The van der Waals surface area contributed by atoms with Gasteiger partial charge in [-0.15, -0.1) is 0 Å². The fraction of sp³-hybridized carbons (Fsp3) is 0.889. The largest absolute Gasteiger partial charge is 0.464 e. The number of ether oxygens (including phenoxy) is 3. The molecule has 0 fully saturated rings. The van der Waals surface area contributed by atoms with Crippen molar-refractivity contribution in [3.63, 3.8) is 0 Å². The third-order valence-electron chi connectivity index (χ3n) is 1.48. The number of esters is 1. The zero-order valence-electron chi connectivity index (χ0n) is 8.82. The van der Waals surface area contributed by atoms with Gasteiger partial charge in [0, 0.05) is 20.1 Å². The van der Waals surface area contributed by atoms with Gasteiger partial charge in [0.25, 0.3) is 0 Å². The van der Waals surface area contributed by atoms with E-state index in [0.29, 0.717) is 32.8 Å². The van der Waals surface area contributed by atoms with Crippen LogP contribution in [0.4, 0.5) is 0 Å². The third-order valence-corrected chi connectivity index (χ3v) is 1.48. The summed E-state index contributed by atoms with van der Waals surface area (Å²) in [6.07, 6.45) is 0.683. The van der Waals surface area contributed by atoms with Crippen LogP contribution in [0, 0.1) is 0 Å². The molecule has 0 spiro atoms. The van der Waals surface area contributed by atoms with Gasteiger partial charge in [0.1, 0.15) is 6.04 Å². The molecule has 1 atom stereocenters. The van der Waals surface area contributed by atoms with Gasteiger partial charge in [-0.3, -0.25) is 4.79 Å². The second-order valence-electron chi connectivity index (χ2n) is 2.91. The van der Waals surface area contributed by atoms with Crippen molar-refractivity contribution in [2.24, 2.45) is 5.73 Å². The van der Waals surface area contributed by atoms with Crippen molar-refractivity contribution in [2.75, 3.05) is 33.5 Å². The number of carbonyl (C=O) groups is 1. The summed E-state index contributed by atoms with van der Waals surface area (Å²) in [4.78, 5) is 10.9. The average Bonchev–Trinajstić information content (AvgIpc) is 2.16. The summed E-state index contributed by atoms with van der Waals surface area (Å²) in [5.41, 5.74) is 5.29. The lowest BCUT2D eigenvalue weighted by molar-refractivity contribution is -0.145. The molecule has 0 rings (SSSR count). The van der Waals surface area contributed by atoms with E-state index >= 15 is 0 Å². The second kappa shape index (κ2) is 8.93. The van der Waals surface area contributed by atoms with E-state index in [2.05, 4.69) is 0 Å². The van der Waals surface area contributed by atoms with Gasteiger partial charge in [-0.25, -0.2) is 0 Å². The van der Waals surface area contributed by atoms with Crippen LogP contribution in [0.3, 0.4) is 0 Å². The molecule has 0 saturated carbocycles. The van der Waals surface area contributed by atoms with E-state index in [0.717, 1.165) is 0 Å². The Balaban J connectivity index is 3.10. The van der Waals surface area contributed by atoms with E-state index in [1.807, 2.05) is 0 Å². The zero-order chi connectivity index (χ0) is 10.8. The summed E-state index contributed by atoms with van der Waals surface area (Å²) in [5.74, 6) is -0.373.